The summed E-state index contributed by atoms with van der Waals surface area (Å²) in [4.78, 5) is 14.6. The first-order chi connectivity index (χ1) is 9.67. The minimum absolute atomic E-state index is 0.0401. The van der Waals surface area contributed by atoms with Crippen LogP contribution in [0.15, 0.2) is 48.5 Å². The van der Waals surface area contributed by atoms with Crippen molar-refractivity contribution in [2.45, 2.75) is 13.8 Å². The van der Waals surface area contributed by atoms with E-state index in [0.717, 1.165) is 18.8 Å². The number of benzene rings is 2. The van der Waals surface area contributed by atoms with Crippen molar-refractivity contribution < 1.29 is 4.79 Å². The van der Waals surface area contributed by atoms with Crippen molar-refractivity contribution in [3.63, 3.8) is 0 Å². The van der Waals surface area contributed by atoms with Crippen molar-refractivity contribution in [2.24, 2.45) is 0 Å². The molecule has 20 heavy (non-hydrogen) atoms. The largest absolute Gasteiger partial charge is 0.372 e. The molecular weight excluding hydrogens is 270 g/mol. The predicted molar refractivity (Wildman–Crippen MR) is 84.9 cm³/mol. The smallest absolute Gasteiger partial charge is 0.194 e. The Bertz CT molecular complexity index is 591. The van der Waals surface area contributed by atoms with Crippen LogP contribution in [0.1, 0.15) is 29.8 Å². The monoisotopic (exact) mass is 287 g/mol. The highest BCUT2D eigenvalue weighted by Crippen LogP contribution is 2.25. The fourth-order valence-corrected chi connectivity index (χ4v) is 2.48. The summed E-state index contributed by atoms with van der Waals surface area (Å²) in [5, 5.41) is 0.503. The summed E-state index contributed by atoms with van der Waals surface area (Å²) in [5.74, 6) is -0.0401. The van der Waals surface area contributed by atoms with Crippen molar-refractivity contribution >= 4 is 23.1 Å². The number of nitrogens with zero attached hydrogens (tertiary/aromatic N) is 1. The fraction of sp³-hybridized carbons (Fsp3) is 0.235. The zero-order valence-corrected chi connectivity index (χ0v) is 12.5. The van der Waals surface area contributed by atoms with Gasteiger partial charge in [-0.3, -0.25) is 4.79 Å². The van der Waals surface area contributed by atoms with E-state index in [0.29, 0.717) is 16.1 Å². The van der Waals surface area contributed by atoms with Crippen LogP contribution in [0.4, 0.5) is 5.69 Å². The zero-order valence-electron chi connectivity index (χ0n) is 11.8. The second-order valence-electron chi connectivity index (χ2n) is 4.53. The SMILES string of the molecule is CCN(CC)c1ccc(C(=O)c2ccccc2)c(Cl)c1. The van der Waals surface area contributed by atoms with Gasteiger partial charge >= 0.3 is 0 Å². The molecule has 0 unspecified atom stereocenters. The first-order valence-electron chi connectivity index (χ1n) is 6.81. The molecule has 0 fully saturated rings. The second kappa shape index (κ2) is 6.58. The Kier molecular flexibility index (Phi) is 4.80. The van der Waals surface area contributed by atoms with Gasteiger partial charge in [0.05, 0.1) is 5.02 Å². The summed E-state index contributed by atoms with van der Waals surface area (Å²) in [6.45, 7) is 6.03. The minimum atomic E-state index is -0.0401. The first-order valence-corrected chi connectivity index (χ1v) is 7.19. The average molecular weight is 288 g/mol. The molecule has 0 aliphatic carbocycles. The molecule has 0 radical (unpaired) electrons. The van der Waals surface area contributed by atoms with Crippen LogP contribution in [-0.2, 0) is 0 Å². The maximum Gasteiger partial charge on any atom is 0.194 e. The van der Waals surface area contributed by atoms with Crippen LogP contribution in [-0.4, -0.2) is 18.9 Å². The van der Waals surface area contributed by atoms with E-state index >= 15 is 0 Å². The van der Waals surface area contributed by atoms with Gasteiger partial charge in [-0.1, -0.05) is 41.9 Å². The normalized spacial score (nSPS) is 10.3. The molecule has 0 saturated heterocycles. The molecule has 3 heteroatoms. The molecule has 0 saturated carbocycles. The van der Waals surface area contributed by atoms with E-state index in [4.69, 9.17) is 11.6 Å². The van der Waals surface area contributed by atoms with Crippen LogP contribution >= 0.6 is 11.6 Å². The molecule has 0 aromatic heterocycles. The Balaban J connectivity index is 2.33. The minimum Gasteiger partial charge on any atom is -0.372 e. The molecule has 2 aromatic rings. The summed E-state index contributed by atoms with van der Waals surface area (Å²) in [6.07, 6.45) is 0. The highest BCUT2D eigenvalue weighted by atomic mass is 35.5. The van der Waals surface area contributed by atoms with Crippen LogP contribution in [0.25, 0.3) is 0 Å². The Hall–Kier alpha value is -1.80. The summed E-state index contributed by atoms with van der Waals surface area (Å²) in [6, 6.07) is 14.8. The standard InChI is InChI=1S/C17H18ClNO/c1-3-19(4-2)14-10-11-15(16(18)12-14)17(20)13-8-6-5-7-9-13/h5-12H,3-4H2,1-2H3. The van der Waals surface area contributed by atoms with Gasteiger partial charge in [0.25, 0.3) is 0 Å². The van der Waals surface area contributed by atoms with E-state index in [1.807, 2.05) is 36.4 Å². The number of rotatable bonds is 5. The van der Waals surface area contributed by atoms with Gasteiger partial charge in [-0.05, 0) is 32.0 Å². The third-order valence-corrected chi connectivity index (χ3v) is 3.67. The molecule has 2 nitrogen and oxygen atoms in total. The molecule has 2 rings (SSSR count). The highest BCUT2D eigenvalue weighted by Gasteiger charge is 2.14. The molecule has 0 spiro atoms. The summed E-state index contributed by atoms with van der Waals surface area (Å²) >= 11 is 6.28. The van der Waals surface area contributed by atoms with Crippen LogP contribution in [0, 0.1) is 0 Å². The summed E-state index contributed by atoms with van der Waals surface area (Å²) in [5.41, 5.74) is 2.25. The molecule has 0 aliphatic heterocycles. The molecule has 0 atom stereocenters. The number of anilines is 1. The quantitative estimate of drug-likeness (QED) is 0.759. The molecule has 0 aliphatic rings. The maximum atomic E-state index is 12.4. The Morgan fingerprint density at radius 1 is 1.05 bits per heavy atom. The van der Waals surface area contributed by atoms with E-state index in [-0.39, 0.29) is 5.78 Å². The maximum absolute atomic E-state index is 12.4. The summed E-state index contributed by atoms with van der Waals surface area (Å²) < 4.78 is 0. The number of hydrogen-bond donors (Lipinski definition) is 0. The molecule has 0 N–H and O–H groups in total. The third kappa shape index (κ3) is 3.02. The lowest BCUT2D eigenvalue weighted by molar-refractivity contribution is 0.103. The predicted octanol–water partition coefficient (Wildman–Crippen LogP) is 4.42. The van der Waals surface area contributed by atoms with Crippen molar-refractivity contribution in [2.75, 3.05) is 18.0 Å². The number of hydrogen-bond acceptors (Lipinski definition) is 2. The zero-order chi connectivity index (χ0) is 14.5. The van der Waals surface area contributed by atoms with Gasteiger partial charge in [0.1, 0.15) is 0 Å². The van der Waals surface area contributed by atoms with Gasteiger partial charge in [0, 0.05) is 29.9 Å². The average Bonchev–Trinajstić information content (AvgIpc) is 2.49. The number of halogens is 1. The Morgan fingerprint density at radius 2 is 1.70 bits per heavy atom. The van der Waals surface area contributed by atoms with Crippen LogP contribution in [0.2, 0.25) is 5.02 Å². The number of carbonyl (C=O) groups is 1. The Labute approximate surface area is 125 Å². The lowest BCUT2D eigenvalue weighted by Crippen LogP contribution is -2.21. The van der Waals surface area contributed by atoms with E-state index in [1.165, 1.54) is 0 Å². The van der Waals surface area contributed by atoms with Crippen molar-refractivity contribution in [3.05, 3.63) is 64.7 Å². The second-order valence-corrected chi connectivity index (χ2v) is 4.94. The van der Waals surface area contributed by atoms with Crippen molar-refractivity contribution in [1.82, 2.24) is 0 Å². The number of ketones is 1. The van der Waals surface area contributed by atoms with E-state index < -0.39 is 0 Å². The number of carbonyl (C=O) groups excluding carboxylic acids is 1. The third-order valence-electron chi connectivity index (χ3n) is 3.36. The van der Waals surface area contributed by atoms with Gasteiger partial charge in [-0.25, -0.2) is 0 Å². The van der Waals surface area contributed by atoms with Gasteiger partial charge in [-0.2, -0.15) is 0 Å². The topological polar surface area (TPSA) is 20.3 Å². The van der Waals surface area contributed by atoms with Crippen LogP contribution in [0.3, 0.4) is 0 Å². The fourth-order valence-electron chi connectivity index (χ4n) is 2.22. The molecule has 0 bridgehead atoms. The van der Waals surface area contributed by atoms with E-state index in [1.54, 1.807) is 12.1 Å². The van der Waals surface area contributed by atoms with Gasteiger partial charge in [0.15, 0.2) is 5.78 Å². The highest BCUT2D eigenvalue weighted by molar-refractivity contribution is 6.35. The van der Waals surface area contributed by atoms with E-state index in [9.17, 15) is 4.79 Å². The summed E-state index contributed by atoms with van der Waals surface area (Å²) in [7, 11) is 0. The van der Waals surface area contributed by atoms with Crippen molar-refractivity contribution in [3.8, 4) is 0 Å². The van der Waals surface area contributed by atoms with E-state index in [2.05, 4.69) is 18.7 Å². The molecular formula is C17H18ClNO. The Morgan fingerprint density at radius 3 is 2.25 bits per heavy atom. The van der Waals surface area contributed by atoms with Crippen LogP contribution < -0.4 is 4.90 Å². The van der Waals surface area contributed by atoms with Gasteiger partial charge in [-0.15, -0.1) is 0 Å². The first kappa shape index (κ1) is 14.6. The molecule has 104 valence electrons. The van der Waals surface area contributed by atoms with Gasteiger partial charge < -0.3 is 4.90 Å². The molecule has 0 amide bonds. The lowest BCUT2D eigenvalue weighted by Gasteiger charge is -2.21. The van der Waals surface area contributed by atoms with Crippen LogP contribution in [0.5, 0.6) is 0 Å². The molecule has 0 heterocycles. The molecule has 2 aromatic carbocycles. The lowest BCUT2D eigenvalue weighted by atomic mass is 10.0. The van der Waals surface area contributed by atoms with Crippen molar-refractivity contribution in [1.29, 1.82) is 0 Å². The van der Waals surface area contributed by atoms with Gasteiger partial charge in [0.2, 0.25) is 0 Å².